The van der Waals surface area contributed by atoms with Crippen LogP contribution in [0.5, 0.6) is 0 Å². The van der Waals surface area contributed by atoms with Crippen LogP contribution in [0, 0.1) is 5.92 Å². The van der Waals surface area contributed by atoms with Gasteiger partial charge in [0, 0.05) is 25.6 Å². The van der Waals surface area contributed by atoms with Gasteiger partial charge >= 0.3 is 6.18 Å². The molecule has 0 radical (unpaired) electrons. The predicted octanol–water partition coefficient (Wildman–Crippen LogP) is 4.60. The second-order valence-corrected chi connectivity index (χ2v) is 10.4. The van der Waals surface area contributed by atoms with Gasteiger partial charge in [0.1, 0.15) is 0 Å². The summed E-state index contributed by atoms with van der Waals surface area (Å²) in [6.45, 7) is 3.11. The van der Waals surface area contributed by atoms with E-state index in [0.717, 1.165) is 32.0 Å². The zero-order valence-electron chi connectivity index (χ0n) is 17.3. The molecule has 2 aromatic rings. The van der Waals surface area contributed by atoms with Gasteiger partial charge in [0.2, 0.25) is 10.0 Å². The molecule has 2 atom stereocenters. The Morgan fingerprint density at radius 2 is 1.61 bits per heavy atom. The number of hydrogen-bond donors (Lipinski definition) is 0. The van der Waals surface area contributed by atoms with Gasteiger partial charge in [0.25, 0.3) is 0 Å². The Hall–Kier alpha value is -1.90. The molecule has 2 saturated heterocycles. The van der Waals surface area contributed by atoms with Crippen LogP contribution in [0.1, 0.15) is 36.3 Å². The van der Waals surface area contributed by atoms with Crippen molar-refractivity contribution in [2.24, 2.45) is 5.92 Å². The highest BCUT2D eigenvalue weighted by molar-refractivity contribution is 7.89. The smallest absolute Gasteiger partial charge is 0.303 e. The van der Waals surface area contributed by atoms with Gasteiger partial charge in [-0.3, -0.25) is 0 Å². The monoisotopic (exact) mass is 452 g/mol. The fourth-order valence-corrected chi connectivity index (χ4v) is 6.30. The normalized spacial score (nSPS) is 23.8. The Morgan fingerprint density at radius 1 is 0.903 bits per heavy atom. The number of likely N-dealkylation sites (tertiary alicyclic amines) is 1. The maximum absolute atomic E-state index is 13.3. The largest absolute Gasteiger partial charge is 0.416 e. The van der Waals surface area contributed by atoms with Crippen LogP contribution in [0.25, 0.3) is 0 Å². The molecule has 8 heteroatoms. The highest BCUT2D eigenvalue weighted by atomic mass is 32.2. The number of rotatable bonds is 5. The van der Waals surface area contributed by atoms with Crippen LogP contribution in [0.4, 0.5) is 13.2 Å². The third-order valence-electron chi connectivity index (χ3n) is 6.37. The molecule has 0 spiro atoms. The molecule has 0 amide bonds. The first kappa shape index (κ1) is 22.3. The van der Waals surface area contributed by atoms with Crippen molar-refractivity contribution in [1.29, 1.82) is 0 Å². The van der Waals surface area contributed by atoms with E-state index in [1.165, 1.54) is 22.9 Å². The van der Waals surface area contributed by atoms with E-state index in [1.54, 1.807) is 36.4 Å². The van der Waals surface area contributed by atoms with Gasteiger partial charge in [-0.15, -0.1) is 0 Å². The summed E-state index contributed by atoms with van der Waals surface area (Å²) in [5.41, 5.74) is -0.131. The molecule has 0 bridgehead atoms. The minimum absolute atomic E-state index is 0.0555. The first-order chi connectivity index (χ1) is 14.7. The summed E-state index contributed by atoms with van der Waals surface area (Å²) in [7, 11) is -3.70. The molecule has 2 heterocycles. The van der Waals surface area contributed by atoms with Crippen LogP contribution in [0.2, 0.25) is 0 Å². The van der Waals surface area contributed by atoms with Gasteiger partial charge in [0.15, 0.2) is 0 Å². The van der Waals surface area contributed by atoms with Crippen LogP contribution < -0.4 is 0 Å². The maximum atomic E-state index is 13.3. The highest BCUT2D eigenvalue weighted by Crippen LogP contribution is 2.39. The summed E-state index contributed by atoms with van der Waals surface area (Å²) < 4.78 is 67.8. The molecular weight excluding hydrogens is 425 g/mol. The van der Waals surface area contributed by atoms with Crippen LogP contribution in [-0.2, 0) is 16.2 Å². The highest BCUT2D eigenvalue weighted by Gasteiger charge is 2.41. The molecule has 0 unspecified atom stereocenters. The number of benzene rings is 2. The van der Waals surface area contributed by atoms with Gasteiger partial charge < -0.3 is 4.90 Å². The standard InChI is InChI=1S/C23H27F3N2O2S/c24-23(25,26)20-9-7-8-18(14-20)22-17-28(31(29,30)21-10-3-1-4-11-21)16-19(22)15-27-12-5-2-6-13-27/h1,3-4,7-11,14,19,22H,2,5-6,12-13,15-17H2/t19-,22-/m0/s1. The third-order valence-corrected chi connectivity index (χ3v) is 8.22. The number of nitrogens with zero attached hydrogens (tertiary/aromatic N) is 2. The Bertz CT molecular complexity index is 989. The molecule has 2 aliphatic rings. The van der Waals surface area contributed by atoms with Crippen LogP contribution in [0.3, 0.4) is 0 Å². The molecule has 4 rings (SSSR count). The van der Waals surface area contributed by atoms with Crippen molar-refractivity contribution in [2.75, 3.05) is 32.7 Å². The van der Waals surface area contributed by atoms with Crippen LogP contribution >= 0.6 is 0 Å². The molecule has 2 fully saturated rings. The van der Waals surface area contributed by atoms with E-state index in [0.29, 0.717) is 18.7 Å². The predicted molar refractivity (Wildman–Crippen MR) is 113 cm³/mol. The van der Waals surface area contributed by atoms with E-state index in [1.807, 2.05) is 0 Å². The molecule has 0 aromatic heterocycles. The number of alkyl halides is 3. The molecule has 31 heavy (non-hydrogen) atoms. The lowest BCUT2D eigenvalue weighted by atomic mass is 9.87. The second-order valence-electron chi connectivity index (χ2n) is 8.49. The van der Waals surface area contributed by atoms with E-state index >= 15 is 0 Å². The second kappa shape index (κ2) is 8.92. The average molecular weight is 453 g/mol. The van der Waals surface area contributed by atoms with Gasteiger partial charge in [-0.2, -0.15) is 17.5 Å². The van der Waals surface area contributed by atoms with E-state index in [9.17, 15) is 21.6 Å². The summed E-state index contributed by atoms with van der Waals surface area (Å²) in [4.78, 5) is 2.55. The minimum Gasteiger partial charge on any atom is -0.303 e. The van der Waals surface area contributed by atoms with Crippen LogP contribution in [0.15, 0.2) is 59.5 Å². The van der Waals surface area contributed by atoms with E-state index < -0.39 is 21.8 Å². The Balaban J connectivity index is 1.64. The van der Waals surface area contributed by atoms with Crippen molar-refractivity contribution in [3.05, 3.63) is 65.7 Å². The fourth-order valence-electron chi connectivity index (χ4n) is 4.75. The lowest BCUT2D eigenvalue weighted by Crippen LogP contribution is -2.36. The molecule has 0 saturated carbocycles. The number of sulfonamides is 1. The summed E-state index contributed by atoms with van der Waals surface area (Å²) in [6.07, 6.45) is -1.03. The van der Waals surface area contributed by atoms with E-state index in [4.69, 9.17) is 0 Å². The summed E-state index contributed by atoms with van der Waals surface area (Å²) in [5, 5.41) is 0. The molecule has 0 aliphatic carbocycles. The fraction of sp³-hybridized carbons (Fsp3) is 0.478. The van der Waals surface area contributed by atoms with Crippen LogP contribution in [-0.4, -0.2) is 50.3 Å². The van der Waals surface area contributed by atoms with Crippen molar-refractivity contribution < 1.29 is 21.6 Å². The summed E-state index contributed by atoms with van der Waals surface area (Å²) >= 11 is 0. The number of halogens is 3. The first-order valence-electron chi connectivity index (χ1n) is 10.7. The summed E-state index contributed by atoms with van der Waals surface area (Å²) in [5.74, 6) is -0.331. The van der Waals surface area contributed by atoms with Crippen molar-refractivity contribution in [3.8, 4) is 0 Å². The Labute approximate surface area is 181 Å². The lowest BCUT2D eigenvalue weighted by molar-refractivity contribution is -0.137. The van der Waals surface area contributed by atoms with E-state index in [2.05, 4.69) is 4.90 Å². The average Bonchev–Trinajstić information content (AvgIpc) is 3.19. The summed E-state index contributed by atoms with van der Waals surface area (Å²) in [6, 6.07) is 13.6. The molecule has 2 aliphatic heterocycles. The molecule has 4 nitrogen and oxygen atoms in total. The van der Waals surface area contributed by atoms with Crippen molar-refractivity contribution in [3.63, 3.8) is 0 Å². The molecule has 168 valence electrons. The Morgan fingerprint density at radius 3 is 2.29 bits per heavy atom. The third kappa shape index (κ3) is 4.96. The SMILES string of the molecule is O=S(=O)(c1ccccc1)N1C[C@H](CN2CCCCC2)[C@H](c2cccc(C(F)(F)F)c2)C1. The molecular formula is C23H27F3N2O2S. The van der Waals surface area contributed by atoms with Crippen molar-refractivity contribution in [1.82, 2.24) is 9.21 Å². The quantitative estimate of drug-likeness (QED) is 0.666. The van der Waals surface area contributed by atoms with E-state index in [-0.39, 0.29) is 23.3 Å². The van der Waals surface area contributed by atoms with Gasteiger partial charge in [0.05, 0.1) is 10.5 Å². The Kier molecular flexibility index (Phi) is 6.42. The minimum atomic E-state index is -4.42. The lowest BCUT2D eigenvalue weighted by Gasteiger charge is -2.31. The van der Waals surface area contributed by atoms with Gasteiger partial charge in [-0.25, -0.2) is 8.42 Å². The molecule has 2 aromatic carbocycles. The molecule has 0 N–H and O–H groups in total. The zero-order chi connectivity index (χ0) is 22.1. The maximum Gasteiger partial charge on any atom is 0.416 e. The number of hydrogen-bond acceptors (Lipinski definition) is 3. The van der Waals surface area contributed by atoms with Crippen molar-refractivity contribution in [2.45, 2.75) is 36.3 Å². The zero-order valence-corrected chi connectivity index (χ0v) is 18.1. The number of piperidine rings is 1. The van der Waals surface area contributed by atoms with Gasteiger partial charge in [-0.1, -0.05) is 42.8 Å². The topological polar surface area (TPSA) is 40.6 Å². The first-order valence-corrected chi connectivity index (χ1v) is 12.1. The van der Waals surface area contributed by atoms with Gasteiger partial charge in [-0.05, 0) is 55.6 Å². The van der Waals surface area contributed by atoms with Crippen molar-refractivity contribution >= 4 is 10.0 Å².